The third-order valence-corrected chi connectivity index (χ3v) is 5.75. The molecule has 0 N–H and O–H groups in total. The maximum atomic E-state index is 5.87. The standard InChI is InChI=1S/C25H24N6O5/c1-14-21(25-27-23(29-36-25)17-11-19(32-3)22(34-5)20(12-17)33-4)28-30-31(14)13-18-15(2)35-24(26-18)16-9-7-6-8-10-16/h6-12H,13H2,1-5H3. The molecule has 0 bridgehead atoms. The van der Waals surface area contributed by atoms with Crippen molar-refractivity contribution in [2.24, 2.45) is 0 Å². The van der Waals surface area contributed by atoms with Gasteiger partial charge in [-0.05, 0) is 38.1 Å². The van der Waals surface area contributed by atoms with Crippen molar-refractivity contribution in [3.05, 3.63) is 59.6 Å². The minimum atomic E-state index is 0.240. The Hall–Kier alpha value is -4.67. The fourth-order valence-electron chi connectivity index (χ4n) is 3.78. The van der Waals surface area contributed by atoms with Gasteiger partial charge in [0.15, 0.2) is 17.2 Å². The Morgan fingerprint density at radius 3 is 2.25 bits per heavy atom. The summed E-state index contributed by atoms with van der Waals surface area (Å²) in [5, 5.41) is 12.7. The lowest BCUT2D eigenvalue weighted by Crippen LogP contribution is -2.05. The van der Waals surface area contributed by atoms with E-state index in [0.717, 1.165) is 17.0 Å². The van der Waals surface area contributed by atoms with Crippen molar-refractivity contribution in [1.29, 1.82) is 0 Å². The van der Waals surface area contributed by atoms with E-state index in [9.17, 15) is 0 Å². The molecule has 0 amide bonds. The lowest BCUT2D eigenvalue weighted by atomic mass is 10.1. The fourth-order valence-corrected chi connectivity index (χ4v) is 3.78. The number of methoxy groups -OCH3 is 3. The van der Waals surface area contributed by atoms with Gasteiger partial charge in [-0.25, -0.2) is 9.67 Å². The molecule has 0 aliphatic heterocycles. The van der Waals surface area contributed by atoms with Gasteiger partial charge in [-0.15, -0.1) is 5.10 Å². The summed E-state index contributed by atoms with van der Waals surface area (Å²) in [4.78, 5) is 9.17. The van der Waals surface area contributed by atoms with Gasteiger partial charge in [0.1, 0.15) is 11.5 Å². The van der Waals surface area contributed by atoms with E-state index in [0.29, 0.717) is 52.5 Å². The van der Waals surface area contributed by atoms with Gasteiger partial charge in [0, 0.05) is 11.1 Å². The summed E-state index contributed by atoms with van der Waals surface area (Å²) >= 11 is 0. The molecule has 11 heteroatoms. The number of nitrogens with zero attached hydrogens (tertiary/aromatic N) is 6. The van der Waals surface area contributed by atoms with Crippen LogP contribution in [0.15, 0.2) is 51.4 Å². The molecule has 0 saturated heterocycles. The van der Waals surface area contributed by atoms with E-state index in [1.54, 1.807) is 38.1 Å². The Morgan fingerprint density at radius 1 is 0.861 bits per heavy atom. The Labute approximate surface area is 206 Å². The summed E-state index contributed by atoms with van der Waals surface area (Å²) in [5.74, 6) is 3.31. The fraction of sp³-hybridized carbons (Fsp3) is 0.240. The van der Waals surface area contributed by atoms with E-state index in [2.05, 4.69) is 25.4 Å². The summed E-state index contributed by atoms with van der Waals surface area (Å²) in [6.45, 7) is 4.14. The summed E-state index contributed by atoms with van der Waals surface area (Å²) < 4.78 is 29.3. The molecule has 0 atom stereocenters. The van der Waals surface area contributed by atoms with Crippen LogP contribution in [0.4, 0.5) is 0 Å². The molecule has 0 unspecified atom stereocenters. The molecule has 0 saturated carbocycles. The van der Waals surface area contributed by atoms with Crippen molar-refractivity contribution in [3.8, 4) is 51.7 Å². The molecule has 5 rings (SSSR count). The number of ether oxygens (including phenoxy) is 3. The molecular weight excluding hydrogens is 464 g/mol. The first-order valence-corrected chi connectivity index (χ1v) is 11.1. The largest absolute Gasteiger partial charge is 0.493 e. The monoisotopic (exact) mass is 488 g/mol. The maximum Gasteiger partial charge on any atom is 0.280 e. The molecule has 0 aliphatic rings. The van der Waals surface area contributed by atoms with Crippen LogP contribution < -0.4 is 14.2 Å². The Bertz CT molecular complexity index is 1480. The van der Waals surface area contributed by atoms with Crippen molar-refractivity contribution in [1.82, 2.24) is 30.1 Å². The van der Waals surface area contributed by atoms with Gasteiger partial charge >= 0.3 is 0 Å². The van der Waals surface area contributed by atoms with Crippen LogP contribution in [0, 0.1) is 13.8 Å². The first kappa shape index (κ1) is 23.1. The zero-order valence-corrected chi connectivity index (χ0v) is 20.5. The van der Waals surface area contributed by atoms with Gasteiger partial charge < -0.3 is 23.2 Å². The van der Waals surface area contributed by atoms with Crippen LogP contribution in [0.5, 0.6) is 17.2 Å². The number of benzene rings is 2. The molecule has 184 valence electrons. The minimum Gasteiger partial charge on any atom is -0.493 e. The highest BCUT2D eigenvalue weighted by Gasteiger charge is 2.22. The average Bonchev–Trinajstić information content (AvgIpc) is 3.63. The van der Waals surface area contributed by atoms with Gasteiger partial charge in [0.25, 0.3) is 5.89 Å². The van der Waals surface area contributed by atoms with Crippen LogP contribution in [-0.4, -0.2) is 51.4 Å². The van der Waals surface area contributed by atoms with Gasteiger partial charge in [-0.2, -0.15) is 4.98 Å². The second kappa shape index (κ2) is 9.53. The highest BCUT2D eigenvalue weighted by atomic mass is 16.5. The zero-order chi connectivity index (χ0) is 25.2. The highest BCUT2D eigenvalue weighted by Crippen LogP contribution is 2.40. The molecule has 3 heterocycles. The zero-order valence-electron chi connectivity index (χ0n) is 20.5. The number of hydrogen-bond donors (Lipinski definition) is 0. The summed E-state index contributed by atoms with van der Waals surface area (Å²) in [5.41, 5.74) is 3.53. The van der Waals surface area contributed by atoms with Crippen LogP contribution in [0.2, 0.25) is 0 Å². The maximum absolute atomic E-state index is 5.87. The number of aryl methyl sites for hydroxylation is 1. The second-order valence-electron chi connectivity index (χ2n) is 7.91. The summed E-state index contributed by atoms with van der Waals surface area (Å²) in [6, 6.07) is 13.2. The predicted molar refractivity (Wildman–Crippen MR) is 129 cm³/mol. The van der Waals surface area contributed by atoms with Crippen LogP contribution in [0.1, 0.15) is 17.1 Å². The number of oxazole rings is 1. The molecule has 2 aromatic carbocycles. The Balaban J connectivity index is 1.42. The van der Waals surface area contributed by atoms with E-state index in [1.165, 1.54) is 0 Å². The summed E-state index contributed by atoms with van der Waals surface area (Å²) in [6.07, 6.45) is 0. The minimum absolute atomic E-state index is 0.240. The third-order valence-electron chi connectivity index (χ3n) is 5.75. The molecule has 0 radical (unpaired) electrons. The normalized spacial score (nSPS) is 11.0. The molecule has 0 aliphatic carbocycles. The van der Waals surface area contributed by atoms with Crippen molar-refractivity contribution >= 4 is 0 Å². The van der Waals surface area contributed by atoms with Crippen molar-refractivity contribution in [2.45, 2.75) is 20.4 Å². The third kappa shape index (κ3) is 4.15. The second-order valence-corrected chi connectivity index (χ2v) is 7.91. The average molecular weight is 489 g/mol. The molecule has 36 heavy (non-hydrogen) atoms. The quantitative estimate of drug-likeness (QED) is 0.311. The topological polar surface area (TPSA) is 123 Å². The molecular formula is C25H24N6O5. The van der Waals surface area contributed by atoms with Crippen LogP contribution in [-0.2, 0) is 6.54 Å². The van der Waals surface area contributed by atoms with Gasteiger partial charge in [0.05, 0.1) is 33.6 Å². The van der Waals surface area contributed by atoms with Crippen molar-refractivity contribution < 1.29 is 23.2 Å². The van der Waals surface area contributed by atoms with Crippen LogP contribution in [0.25, 0.3) is 34.4 Å². The van der Waals surface area contributed by atoms with Crippen LogP contribution in [0.3, 0.4) is 0 Å². The van der Waals surface area contributed by atoms with Gasteiger partial charge in [-0.1, -0.05) is 28.6 Å². The molecule has 0 spiro atoms. The molecule has 3 aromatic heterocycles. The number of rotatable bonds is 8. The van der Waals surface area contributed by atoms with E-state index in [4.69, 9.17) is 23.2 Å². The lowest BCUT2D eigenvalue weighted by Gasteiger charge is -2.12. The van der Waals surface area contributed by atoms with Crippen molar-refractivity contribution in [2.75, 3.05) is 21.3 Å². The van der Waals surface area contributed by atoms with Gasteiger partial charge in [-0.3, -0.25) is 0 Å². The first-order chi connectivity index (χ1) is 17.5. The summed E-state index contributed by atoms with van der Waals surface area (Å²) in [7, 11) is 4.63. The first-order valence-electron chi connectivity index (χ1n) is 11.1. The lowest BCUT2D eigenvalue weighted by molar-refractivity contribution is 0.324. The number of hydrogen-bond acceptors (Lipinski definition) is 10. The molecule has 0 fully saturated rings. The van der Waals surface area contributed by atoms with E-state index in [-0.39, 0.29) is 5.89 Å². The van der Waals surface area contributed by atoms with Gasteiger partial charge in [0.2, 0.25) is 17.5 Å². The Kier molecular flexibility index (Phi) is 6.11. The predicted octanol–water partition coefficient (Wildman–Crippen LogP) is 4.34. The smallest absolute Gasteiger partial charge is 0.280 e. The molecule has 5 aromatic rings. The van der Waals surface area contributed by atoms with E-state index < -0.39 is 0 Å². The Morgan fingerprint density at radius 2 is 1.58 bits per heavy atom. The van der Waals surface area contributed by atoms with Crippen molar-refractivity contribution in [3.63, 3.8) is 0 Å². The van der Waals surface area contributed by atoms with E-state index in [1.807, 2.05) is 44.2 Å². The molecule has 11 nitrogen and oxygen atoms in total. The number of aromatic nitrogens is 6. The van der Waals surface area contributed by atoms with E-state index >= 15 is 0 Å². The van der Waals surface area contributed by atoms with Crippen LogP contribution >= 0.6 is 0 Å². The highest BCUT2D eigenvalue weighted by molar-refractivity contribution is 5.67. The SMILES string of the molecule is COc1cc(-c2noc(-c3nnn(Cc4nc(-c5ccccc5)oc4C)c3C)n2)cc(OC)c1OC.